The number of carbonyl (C=O) groups is 2. The molecule has 0 heterocycles. The Hall–Kier alpha value is -3.07. The minimum atomic E-state index is -4.71. The van der Waals surface area contributed by atoms with Crippen LogP contribution in [0.15, 0.2) is 97.2 Å². The van der Waals surface area contributed by atoms with Gasteiger partial charge in [-0.15, -0.1) is 0 Å². The average molecular weight is 1210 g/mol. The standard InChI is InChI=1S/C75H135N2O7P/c1-7-10-13-16-19-22-25-27-29-31-33-35-36-37-38-39-40-42-44-46-48-50-53-56-59-62-65-68-75(79)84-73(66-63-60-57-54-51-24-21-18-15-12-9-3)72(71-83-85(80,81)82-70-69-77(4,5)6)76-74(78)67-64-61-58-55-52-49-47-45-43-41-34-32-30-28-26-23-20-17-14-11-8-2/h10,13,19,22,27-30,33,35,37-38,40,42,63,66,72-73H,7-9,11-12,14-18,20-21,23-26,31-32,34,36,39,41,43-62,64-65,67-71H2,1-6H3,(H-,76,78,80,81)/b13-10-,22-19-,29-27-,30-28+,35-33-,38-37-,42-40-,66-63-. The molecule has 0 aromatic heterocycles. The SMILES string of the molecule is CC/C=C\C/C=C\C/C=C\C/C=C\C/C=C\C/C=C\CCCCCCCCCCC(=O)OC(/C=C\CCCCCCCCCCC)C(COP(=O)([O-])OCC[N+](C)(C)C)NC(=O)CCCCCCCCCCCCC/C=C/CCCCCCCC. The van der Waals surface area contributed by atoms with Crippen molar-refractivity contribution in [2.24, 2.45) is 0 Å². The van der Waals surface area contributed by atoms with E-state index in [1.54, 1.807) is 0 Å². The van der Waals surface area contributed by atoms with Gasteiger partial charge in [-0.3, -0.25) is 14.2 Å². The van der Waals surface area contributed by atoms with Crippen LogP contribution in [0, 0.1) is 0 Å². The first-order valence-electron chi connectivity index (χ1n) is 35.5. The maximum atomic E-state index is 13.6. The van der Waals surface area contributed by atoms with Crippen LogP contribution in [-0.4, -0.2) is 69.4 Å². The number of nitrogens with one attached hydrogen (secondary N) is 1. The summed E-state index contributed by atoms with van der Waals surface area (Å²) in [6.07, 6.45) is 86.7. The van der Waals surface area contributed by atoms with E-state index in [0.29, 0.717) is 17.4 Å². The van der Waals surface area contributed by atoms with Gasteiger partial charge in [-0.2, -0.15) is 0 Å². The molecule has 0 aliphatic heterocycles. The summed E-state index contributed by atoms with van der Waals surface area (Å²) in [4.78, 5) is 40.2. The number of ether oxygens (including phenoxy) is 1. The zero-order chi connectivity index (χ0) is 62.1. The summed E-state index contributed by atoms with van der Waals surface area (Å²) >= 11 is 0. The van der Waals surface area contributed by atoms with Crippen molar-refractivity contribution in [3.63, 3.8) is 0 Å². The van der Waals surface area contributed by atoms with Crippen LogP contribution >= 0.6 is 7.82 Å². The minimum absolute atomic E-state index is 0.0269. The Kier molecular flexibility index (Phi) is 61.6. The highest BCUT2D eigenvalue weighted by atomic mass is 31.2. The van der Waals surface area contributed by atoms with Gasteiger partial charge in [0, 0.05) is 12.8 Å². The largest absolute Gasteiger partial charge is 0.756 e. The van der Waals surface area contributed by atoms with E-state index in [9.17, 15) is 19.0 Å². The van der Waals surface area contributed by atoms with E-state index in [4.69, 9.17) is 13.8 Å². The Morgan fingerprint density at radius 1 is 0.424 bits per heavy atom. The summed E-state index contributed by atoms with van der Waals surface area (Å²) < 4.78 is 30.4. The first-order chi connectivity index (χ1) is 41.4. The lowest BCUT2D eigenvalue weighted by atomic mass is 10.0. The number of nitrogens with zero attached hydrogens (tertiary/aromatic N) is 1. The number of rotatable bonds is 64. The molecule has 0 aliphatic carbocycles. The number of hydrogen-bond acceptors (Lipinski definition) is 7. The van der Waals surface area contributed by atoms with Crippen molar-refractivity contribution in [1.29, 1.82) is 0 Å². The fraction of sp³-hybridized carbons (Fsp3) is 0.760. The molecular formula is C75H135N2O7P. The second-order valence-corrected chi connectivity index (χ2v) is 26.4. The molecule has 1 N–H and O–H groups in total. The number of phosphoric ester groups is 1. The van der Waals surface area contributed by atoms with Crippen LogP contribution in [0.4, 0.5) is 0 Å². The summed E-state index contributed by atoms with van der Waals surface area (Å²) in [6, 6.07) is -0.897. The molecule has 3 atom stereocenters. The molecule has 0 saturated carbocycles. The molecule has 0 aliphatic rings. The highest BCUT2D eigenvalue weighted by Crippen LogP contribution is 2.38. The minimum Gasteiger partial charge on any atom is -0.756 e. The number of esters is 1. The Morgan fingerprint density at radius 3 is 1.14 bits per heavy atom. The Morgan fingerprint density at radius 2 is 0.753 bits per heavy atom. The lowest BCUT2D eigenvalue weighted by Gasteiger charge is -2.30. The monoisotopic (exact) mass is 1210 g/mol. The van der Waals surface area contributed by atoms with E-state index in [0.717, 1.165) is 109 Å². The second kappa shape index (κ2) is 63.9. The predicted octanol–water partition coefficient (Wildman–Crippen LogP) is 22.0. The first-order valence-corrected chi connectivity index (χ1v) is 37.0. The number of likely N-dealkylation sites (N-methyl/N-ethyl adjacent to an activating group) is 1. The summed E-state index contributed by atoms with van der Waals surface area (Å²) in [5.74, 6) is -0.548. The first kappa shape index (κ1) is 81.9. The van der Waals surface area contributed by atoms with Crippen LogP contribution in [0.5, 0.6) is 0 Å². The van der Waals surface area contributed by atoms with Crippen molar-refractivity contribution < 1.29 is 37.3 Å². The van der Waals surface area contributed by atoms with Crippen LogP contribution in [0.1, 0.15) is 316 Å². The Labute approximate surface area is 526 Å². The number of carbonyl (C=O) groups excluding carboxylic acids is 2. The van der Waals surface area contributed by atoms with E-state index >= 15 is 0 Å². The van der Waals surface area contributed by atoms with Crippen LogP contribution in [-0.2, 0) is 27.9 Å². The molecule has 0 rings (SSSR count). The highest BCUT2D eigenvalue weighted by Gasteiger charge is 2.27. The third-order valence-corrected chi connectivity index (χ3v) is 16.5. The number of amides is 1. The van der Waals surface area contributed by atoms with E-state index < -0.39 is 26.6 Å². The molecule has 10 heteroatoms. The Bertz CT molecular complexity index is 1780. The van der Waals surface area contributed by atoms with Crippen LogP contribution in [0.3, 0.4) is 0 Å². The van der Waals surface area contributed by atoms with Gasteiger partial charge in [-0.05, 0) is 109 Å². The smallest absolute Gasteiger partial charge is 0.306 e. The molecule has 3 unspecified atom stereocenters. The zero-order valence-electron chi connectivity index (χ0n) is 56.3. The van der Waals surface area contributed by atoms with Gasteiger partial charge in [0.15, 0.2) is 0 Å². The van der Waals surface area contributed by atoms with Gasteiger partial charge >= 0.3 is 5.97 Å². The van der Waals surface area contributed by atoms with Crippen molar-refractivity contribution in [3.05, 3.63) is 97.2 Å². The molecule has 492 valence electrons. The molecular weight excluding hydrogens is 1070 g/mol. The molecule has 0 radical (unpaired) electrons. The zero-order valence-corrected chi connectivity index (χ0v) is 57.2. The normalized spacial score (nSPS) is 14.1. The molecule has 0 spiro atoms. The maximum Gasteiger partial charge on any atom is 0.306 e. The maximum absolute atomic E-state index is 13.6. The number of allylic oxidation sites excluding steroid dienone is 15. The topological polar surface area (TPSA) is 114 Å². The molecule has 85 heavy (non-hydrogen) atoms. The second-order valence-electron chi connectivity index (χ2n) is 25.0. The van der Waals surface area contributed by atoms with Crippen LogP contribution < -0.4 is 10.2 Å². The van der Waals surface area contributed by atoms with Gasteiger partial charge in [-0.25, -0.2) is 0 Å². The van der Waals surface area contributed by atoms with Crippen molar-refractivity contribution in [3.8, 4) is 0 Å². The van der Waals surface area contributed by atoms with Gasteiger partial charge < -0.3 is 28.5 Å². The van der Waals surface area contributed by atoms with Gasteiger partial charge in [0.25, 0.3) is 7.82 Å². The van der Waals surface area contributed by atoms with Crippen molar-refractivity contribution >= 4 is 19.7 Å². The molecule has 0 bridgehead atoms. The number of phosphoric acid groups is 1. The molecule has 0 saturated heterocycles. The predicted molar refractivity (Wildman–Crippen MR) is 367 cm³/mol. The van der Waals surface area contributed by atoms with Gasteiger partial charge in [0.2, 0.25) is 5.91 Å². The number of unbranched alkanes of at least 4 members (excludes halogenated alkanes) is 34. The van der Waals surface area contributed by atoms with Crippen molar-refractivity contribution in [1.82, 2.24) is 5.32 Å². The lowest BCUT2D eigenvalue weighted by Crippen LogP contribution is -2.47. The van der Waals surface area contributed by atoms with Crippen molar-refractivity contribution in [2.45, 2.75) is 328 Å². The van der Waals surface area contributed by atoms with Gasteiger partial charge in [0.1, 0.15) is 19.3 Å². The van der Waals surface area contributed by atoms with E-state index in [-0.39, 0.29) is 24.9 Å². The average Bonchev–Trinajstić information content (AvgIpc) is 3.59. The lowest BCUT2D eigenvalue weighted by molar-refractivity contribution is -0.870. The number of hydrogen-bond donors (Lipinski definition) is 1. The van der Waals surface area contributed by atoms with Gasteiger partial charge in [0.05, 0.1) is 33.8 Å². The summed E-state index contributed by atoms with van der Waals surface area (Å²) in [6.45, 7) is 6.74. The van der Waals surface area contributed by atoms with Crippen LogP contribution in [0.2, 0.25) is 0 Å². The number of quaternary nitrogens is 1. The van der Waals surface area contributed by atoms with E-state index in [1.807, 2.05) is 33.3 Å². The fourth-order valence-corrected chi connectivity index (χ4v) is 10.8. The molecule has 9 nitrogen and oxygen atoms in total. The molecule has 0 fully saturated rings. The Balaban J connectivity index is 5.05. The quantitative estimate of drug-likeness (QED) is 0.0212. The molecule has 0 aromatic carbocycles. The highest BCUT2D eigenvalue weighted by molar-refractivity contribution is 7.45. The summed E-state index contributed by atoms with van der Waals surface area (Å²) in [5, 5.41) is 3.04. The van der Waals surface area contributed by atoms with Crippen LogP contribution in [0.25, 0.3) is 0 Å². The third kappa shape index (κ3) is 65.2. The fourth-order valence-electron chi connectivity index (χ4n) is 10.1. The van der Waals surface area contributed by atoms with Gasteiger partial charge in [-0.1, -0.05) is 292 Å². The summed E-state index contributed by atoms with van der Waals surface area (Å²) in [5.41, 5.74) is 0. The van der Waals surface area contributed by atoms with E-state index in [2.05, 4.69) is 111 Å². The van der Waals surface area contributed by atoms with Crippen molar-refractivity contribution in [2.75, 3.05) is 40.9 Å². The third-order valence-electron chi connectivity index (χ3n) is 15.5. The van der Waals surface area contributed by atoms with E-state index in [1.165, 1.54) is 173 Å². The molecule has 0 aromatic rings. The molecule has 1 amide bonds. The summed E-state index contributed by atoms with van der Waals surface area (Å²) in [7, 11) is 1.18.